The molecule has 0 fully saturated rings. The highest BCUT2D eigenvalue weighted by Crippen LogP contribution is 2.37. The normalized spacial score (nSPS) is 13.5. The van der Waals surface area contributed by atoms with Gasteiger partial charge in [0, 0.05) is 18.3 Å². The van der Waals surface area contributed by atoms with Crippen LogP contribution in [0.15, 0.2) is 29.2 Å². The predicted molar refractivity (Wildman–Crippen MR) is 112 cm³/mol. The molecule has 2 heterocycles. The van der Waals surface area contributed by atoms with E-state index in [1.54, 1.807) is 11.8 Å². The number of thiophene rings is 1. The minimum absolute atomic E-state index is 0.104. The Morgan fingerprint density at radius 2 is 1.90 bits per heavy atom. The second-order valence-corrected chi connectivity index (χ2v) is 9.97. The van der Waals surface area contributed by atoms with Crippen LogP contribution in [0.2, 0.25) is 0 Å². The highest BCUT2D eigenvalue weighted by molar-refractivity contribution is 7.92. The molecule has 2 aromatic rings. The predicted octanol–water partition coefficient (Wildman–Crippen LogP) is 2.38. The van der Waals surface area contributed by atoms with Gasteiger partial charge in [0.2, 0.25) is 11.8 Å². The third-order valence-corrected chi connectivity index (χ3v) is 7.49. The lowest BCUT2D eigenvalue weighted by Crippen LogP contribution is -2.34. The molecule has 0 saturated heterocycles. The lowest BCUT2D eigenvalue weighted by atomic mass is 10.0. The van der Waals surface area contributed by atoms with E-state index in [0.717, 1.165) is 40.5 Å². The Labute approximate surface area is 182 Å². The molecule has 31 heavy (non-hydrogen) atoms. The number of sulfone groups is 1. The van der Waals surface area contributed by atoms with Gasteiger partial charge >= 0.3 is 5.97 Å². The van der Waals surface area contributed by atoms with Crippen LogP contribution in [-0.4, -0.2) is 50.0 Å². The summed E-state index contributed by atoms with van der Waals surface area (Å²) in [5, 5.41) is 2.70. The summed E-state index contributed by atoms with van der Waals surface area (Å²) < 4.78 is 43.1. The molecule has 166 valence electrons. The lowest BCUT2D eigenvalue weighted by molar-refractivity contribution is -0.129. The Morgan fingerprint density at radius 3 is 2.52 bits per heavy atom. The molecular formula is C20H21FN2O6S2. The fourth-order valence-corrected chi connectivity index (χ4v) is 5.64. The van der Waals surface area contributed by atoms with Crippen LogP contribution in [0, 0.1) is 5.82 Å². The van der Waals surface area contributed by atoms with Crippen molar-refractivity contribution in [2.24, 2.45) is 0 Å². The summed E-state index contributed by atoms with van der Waals surface area (Å²) in [6, 6.07) is 4.17. The number of halogens is 1. The number of esters is 1. The van der Waals surface area contributed by atoms with E-state index in [0.29, 0.717) is 25.1 Å². The van der Waals surface area contributed by atoms with Gasteiger partial charge in [-0.05, 0) is 43.2 Å². The molecule has 8 nitrogen and oxygen atoms in total. The van der Waals surface area contributed by atoms with Crippen molar-refractivity contribution in [2.45, 2.75) is 31.7 Å². The van der Waals surface area contributed by atoms with Crippen molar-refractivity contribution >= 4 is 44.0 Å². The van der Waals surface area contributed by atoms with Crippen molar-refractivity contribution in [1.82, 2.24) is 4.90 Å². The minimum Gasteiger partial charge on any atom is -0.462 e. The number of ether oxygens (including phenoxy) is 1. The number of carbonyl (C=O) groups is 3. The highest BCUT2D eigenvalue weighted by Gasteiger charge is 2.31. The molecule has 0 spiro atoms. The molecule has 0 radical (unpaired) electrons. The van der Waals surface area contributed by atoms with Crippen molar-refractivity contribution in [2.75, 3.05) is 24.2 Å². The van der Waals surface area contributed by atoms with Gasteiger partial charge in [-0.25, -0.2) is 17.6 Å². The van der Waals surface area contributed by atoms with E-state index >= 15 is 0 Å². The molecule has 11 heteroatoms. The maximum absolute atomic E-state index is 13.1. The first-order valence-electron chi connectivity index (χ1n) is 9.47. The van der Waals surface area contributed by atoms with Crippen LogP contribution in [0.3, 0.4) is 0 Å². The van der Waals surface area contributed by atoms with Gasteiger partial charge in [0.15, 0.2) is 9.84 Å². The Balaban J connectivity index is 1.86. The zero-order chi connectivity index (χ0) is 22.8. The number of amides is 2. The third kappa shape index (κ3) is 5.10. The van der Waals surface area contributed by atoms with Crippen LogP contribution < -0.4 is 5.32 Å². The van der Waals surface area contributed by atoms with E-state index in [1.807, 2.05) is 0 Å². The zero-order valence-corrected chi connectivity index (χ0v) is 18.6. The highest BCUT2D eigenvalue weighted by atomic mass is 32.2. The van der Waals surface area contributed by atoms with Crippen LogP contribution in [0.1, 0.15) is 34.6 Å². The number of benzene rings is 1. The smallest absolute Gasteiger partial charge is 0.341 e. The van der Waals surface area contributed by atoms with E-state index in [-0.39, 0.29) is 28.0 Å². The Hall–Kier alpha value is -2.79. The summed E-state index contributed by atoms with van der Waals surface area (Å²) >= 11 is 1.12. The summed E-state index contributed by atoms with van der Waals surface area (Å²) in [5.41, 5.74) is 0.884. The summed E-state index contributed by atoms with van der Waals surface area (Å²) in [6.45, 7) is 3.97. The van der Waals surface area contributed by atoms with Gasteiger partial charge in [0.1, 0.15) is 16.6 Å². The molecular weight excluding hydrogens is 447 g/mol. The molecule has 1 aliphatic heterocycles. The van der Waals surface area contributed by atoms with Gasteiger partial charge < -0.3 is 15.0 Å². The van der Waals surface area contributed by atoms with Gasteiger partial charge in [-0.1, -0.05) is 0 Å². The first-order chi connectivity index (χ1) is 14.6. The van der Waals surface area contributed by atoms with Crippen LogP contribution in [0.4, 0.5) is 9.39 Å². The fraction of sp³-hybridized carbons (Fsp3) is 0.350. The van der Waals surface area contributed by atoms with Crippen molar-refractivity contribution < 1.29 is 31.9 Å². The maximum atomic E-state index is 13.1. The number of anilines is 1. The molecule has 1 aliphatic rings. The SMILES string of the molecule is CCOC(=O)c1c(NC(=O)CS(=O)(=O)c2ccc(F)cc2)sc2c1CCN(C(C)=O)C2. The number of hydrogen-bond donors (Lipinski definition) is 1. The molecule has 2 amide bonds. The number of carbonyl (C=O) groups excluding carboxylic acids is 3. The van der Waals surface area contributed by atoms with Crippen LogP contribution in [0.5, 0.6) is 0 Å². The Morgan fingerprint density at radius 1 is 1.23 bits per heavy atom. The first-order valence-corrected chi connectivity index (χ1v) is 11.9. The molecule has 0 saturated carbocycles. The van der Waals surface area contributed by atoms with Gasteiger partial charge in [-0.2, -0.15) is 0 Å². The second kappa shape index (κ2) is 9.15. The van der Waals surface area contributed by atoms with Gasteiger partial charge in [-0.3, -0.25) is 9.59 Å². The molecule has 0 bridgehead atoms. The summed E-state index contributed by atoms with van der Waals surface area (Å²) in [7, 11) is -4.00. The number of hydrogen-bond acceptors (Lipinski definition) is 7. The van der Waals surface area contributed by atoms with Crippen molar-refractivity contribution in [3.05, 3.63) is 46.1 Å². The van der Waals surface area contributed by atoms with Crippen LogP contribution in [0.25, 0.3) is 0 Å². The van der Waals surface area contributed by atoms with E-state index < -0.39 is 33.3 Å². The monoisotopic (exact) mass is 468 g/mol. The average Bonchev–Trinajstić information content (AvgIpc) is 3.04. The Kier molecular flexibility index (Phi) is 6.75. The quantitative estimate of drug-likeness (QED) is 0.515. The van der Waals surface area contributed by atoms with Crippen LogP contribution in [-0.2, 0) is 37.1 Å². The largest absolute Gasteiger partial charge is 0.462 e. The van der Waals surface area contributed by atoms with Gasteiger partial charge in [0.05, 0.1) is 23.6 Å². The summed E-state index contributed by atoms with van der Waals surface area (Å²) in [6.07, 6.45) is 0.420. The van der Waals surface area contributed by atoms with E-state index in [4.69, 9.17) is 4.74 Å². The first kappa shape index (κ1) is 22.9. The second-order valence-electron chi connectivity index (χ2n) is 6.88. The van der Waals surface area contributed by atoms with Gasteiger partial charge in [-0.15, -0.1) is 11.3 Å². The number of rotatable bonds is 6. The van der Waals surface area contributed by atoms with E-state index in [1.165, 1.54) is 6.92 Å². The third-order valence-electron chi connectivity index (χ3n) is 4.73. The standard InChI is InChI=1S/C20H21FN2O6S2/c1-3-29-20(26)18-15-8-9-23(12(2)24)10-16(15)30-19(18)22-17(25)11-31(27,28)14-6-4-13(21)5-7-14/h4-7H,3,8-11H2,1-2H3,(H,22,25). The van der Waals surface area contributed by atoms with Crippen molar-refractivity contribution in [3.8, 4) is 0 Å². The van der Waals surface area contributed by atoms with Gasteiger partial charge in [0.25, 0.3) is 0 Å². The number of nitrogens with zero attached hydrogens (tertiary/aromatic N) is 1. The summed E-state index contributed by atoms with van der Waals surface area (Å²) in [4.78, 5) is 38.9. The average molecular weight is 469 g/mol. The number of fused-ring (bicyclic) bond motifs is 1. The number of nitrogens with one attached hydrogen (secondary N) is 1. The fourth-order valence-electron chi connectivity index (χ4n) is 3.24. The topological polar surface area (TPSA) is 110 Å². The van der Waals surface area contributed by atoms with Crippen molar-refractivity contribution in [3.63, 3.8) is 0 Å². The molecule has 1 aromatic carbocycles. The van der Waals surface area contributed by atoms with E-state index in [2.05, 4.69) is 5.32 Å². The minimum atomic E-state index is -4.00. The molecule has 0 aliphatic carbocycles. The zero-order valence-electron chi connectivity index (χ0n) is 16.9. The molecule has 0 unspecified atom stereocenters. The van der Waals surface area contributed by atoms with Crippen molar-refractivity contribution in [1.29, 1.82) is 0 Å². The molecule has 3 rings (SSSR count). The molecule has 1 aromatic heterocycles. The molecule has 1 N–H and O–H groups in total. The summed E-state index contributed by atoms with van der Waals surface area (Å²) in [5.74, 6) is -3.02. The van der Waals surface area contributed by atoms with E-state index in [9.17, 15) is 27.2 Å². The maximum Gasteiger partial charge on any atom is 0.341 e. The van der Waals surface area contributed by atoms with Crippen LogP contribution >= 0.6 is 11.3 Å². The molecule has 0 atom stereocenters. The Bertz CT molecular complexity index is 1130. The lowest BCUT2D eigenvalue weighted by Gasteiger charge is -2.25.